The van der Waals surface area contributed by atoms with Crippen LogP contribution in [0.1, 0.15) is 50.9 Å². The van der Waals surface area contributed by atoms with Gasteiger partial charge in [-0.3, -0.25) is 9.59 Å². The van der Waals surface area contributed by atoms with Crippen molar-refractivity contribution in [3.8, 4) is 0 Å². The van der Waals surface area contributed by atoms with Crippen LogP contribution in [0.3, 0.4) is 0 Å². The van der Waals surface area contributed by atoms with Gasteiger partial charge in [0.1, 0.15) is 5.69 Å². The minimum atomic E-state index is -5.08. The van der Waals surface area contributed by atoms with Crippen molar-refractivity contribution in [2.75, 3.05) is 0 Å². The highest BCUT2D eigenvalue weighted by Gasteiger charge is 2.43. The Balaban J connectivity index is 1.61. The molecule has 0 radical (unpaired) electrons. The maximum atomic E-state index is 13.7. The number of hydrogen-bond donors (Lipinski definition) is 4. The Labute approximate surface area is 198 Å². The number of hydrogen-bond acceptors (Lipinski definition) is 3. The maximum Gasteiger partial charge on any atom is 0.416 e. The van der Waals surface area contributed by atoms with Crippen LogP contribution in [-0.4, -0.2) is 28.6 Å². The molecule has 1 aromatic heterocycles. The number of carbonyl (C=O) groups excluding carboxylic acids is 2. The zero-order valence-electron chi connectivity index (χ0n) is 17.6. The van der Waals surface area contributed by atoms with E-state index in [1.54, 1.807) is 5.32 Å². The normalized spacial score (nSPS) is 16.1. The van der Waals surface area contributed by atoms with Crippen LogP contribution >= 0.6 is 11.6 Å². The van der Waals surface area contributed by atoms with Gasteiger partial charge < -0.3 is 21.4 Å². The Morgan fingerprint density at radius 1 is 1.03 bits per heavy atom. The van der Waals surface area contributed by atoms with Crippen molar-refractivity contribution in [1.82, 2.24) is 15.6 Å². The van der Waals surface area contributed by atoms with Crippen LogP contribution in [0.15, 0.2) is 42.5 Å². The first-order valence-electron chi connectivity index (χ1n) is 10.1. The minimum Gasteiger partial charge on any atom is -0.350 e. The fourth-order valence-electron chi connectivity index (χ4n) is 3.46. The zero-order valence-corrected chi connectivity index (χ0v) is 18.3. The van der Waals surface area contributed by atoms with Crippen molar-refractivity contribution in [3.63, 3.8) is 0 Å². The quantitative estimate of drug-likeness (QED) is 0.281. The average Bonchev–Trinajstić information content (AvgIpc) is 3.32. The number of rotatable bonds is 5. The third-order valence-corrected chi connectivity index (χ3v) is 5.81. The largest absolute Gasteiger partial charge is 0.416 e. The van der Waals surface area contributed by atoms with Gasteiger partial charge in [-0.1, -0.05) is 23.7 Å². The Morgan fingerprint density at radius 2 is 1.71 bits per heavy atom. The Kier molecular flexibility index (Phi) is 6.00. The topological polar surface area (TPSA) is 100 Å². The molecular formula is C22H17ClF6N4O2. The lowest BCUT2D eigenvalue weighted by molar-refractivity contribution is -0.156. The number of benzene rings is 2. The van der Waals surface area contributed by atoms with E-state index in [4.69, 9.17) is 17.3 Å². The second-order valence-electron chi connectivity index (χ2n) is 8.28. The Morgan fingerprint density at radius 3 is 2.31 bits per heavy atom. The van der Waals surface area contributed by atoms with Crippen LogP contribution in [0.2, 0.25) is 5.02 Å². The zero-order chi connectivity index (χ0) is 25.8. The van der Waals surface area contributed by atoms with Gasteiger partial charge in [0.2, 0.25) is 0 Å². The van der Waals surface area contributed by atoms with Gasteiger partial charge in [0.25, 0.3) is 11.8 Å². The number of carbonyl (C=O) groups is 2. The predicted octanol–water partition coefficient (Wildman–Crippen LogP) is 5.05. The second-order valence-corrected chi connectivity index (χ2v) is 8.69. The summed E-state index contributed by atoms with van der Waals surface area (Å²) in [7, 11) is 0. The fraction of sp³-hybridized carbons (Fsp3) is 0.273. The molecule has 186 valence electrons. The molecule has 0 spiro atoms. The Hall–Kier alpha value is -3.25. The summed E-state index contributed by atoms with van der Waals surface area (Å²) in [5.74, 6) is -1.77. The Bertz CT molecular complexity index is 1310. The molecule has 4 rings (SSSR count). The maximum absolute atomic E-state index is 13.7. The molecule has 5 N–H and O–H groups in total. The first-order valence-corrected chi connectivity index (χ1v) is 10.5. The van der Waals surface area contributed by atoms with E-state index in [0.717, 1.165) is 12.1 Å². The molecule has 35 heavy (non-hydrogen) atoms. The molecular weight excluding hydrogens is 502 g/mol. The average molecular weight is 519 g/mol. The van der Waals surface area contributed by atoms with Gasteiger partial charge in [-0.05, 0) is 48.7 Å². The van der Waals surface area contributed by atoms with Crippen LogP contribution in [0.5, 0.6) is 0 Å². The van der Waals surface area contributed by atoms with Gasteiger partial charge in [0, 0.05) is 10.9 Å². The first-order chi connectivity index (χ1) is 16.2. The second kappa shape index (κ2) is 8.45. The molecule has 0 saturated heterocycles. The van der Waals surface area contributed by atoms with E-state index in [-0.39, 0.29) is 21.8 Å². The predicted molar refractivity (Wildman–Crippen MR) is 115 cm³/mol. The van der Waals surface area contributed by atoms with Crippen molar-refractivity contribution in [3.05, 3.63) is 69.9 Å². The molecule has 13 heteroatoms. The number of nitrogens with one attached hydrogen (secondary N) is 3. The number of amides is 2. The van der Waals surface area contributed by atoms with E-state index in [9.17, 15) is 35.9 Å². The van der Waals surface area contributed by atoms with E-state index >= 15 is 0 Å². The van der Waals surface area contributed by atoms with Crippen LogP contribution in [0, 0.1) is 0 Å². The molecule has 1 aliphatic carbocycles. The summed E-state index contributed by atoms with van der Waals surface area (Å²) in [4.78, 5) is 27.7. The highest BCUT2D eigenvalue weighted by atomic mass is 35.5. The van der Waals surface area contributed by atoms with Crippen molar-refractivity contribution >= 4 is 34.3 Å². The number of alkyl halides is 6. The summed E-state index contributed by atoms with van der Waals surface area (Å²) in [5, 5.41) is 4.67. The lowest BCUT2D eigenvalue weighted by Crippen LogP contribution is -2.43. The fourth-order valence-corrected chi connectivity index (χ4v) is 3.71. The van der Waals surface area contributed by atoms with E-state index in [1.807, 2.05) is 0 Å². The standard InChI is InChI=1S/C22H17ClF6N4O2/c23-14-9-15-11(7-13(14)18(34)33-20(30)4-5-20)8-16(31-15)19(35)32-17(22(27,28)29)10-2-1-3-12(6-10)21(24,25)26/h1-3,6-9,17,31H,4-5,30H2,(H,32,35)(H,33,34). The molecule has 1 fully saturated rings. The number of aromatic nitrogens is 1. The third kappa shape index (κ3) is 5.38. The van der Waals surface area contributed by atoms with Crippen LogP contribution in [0.4, 0.5) is 26.3 Å². The van der Waals surface area contributed by atoms with Gasteiger partial charge in [0.15, 0.2) is 6.04 Å². The monoisotopic (exact) mass is 518 g/mol. The minimum absolute atomic E-state index is 0.0187. The van der Waals surface area contributed by atoms with Gasteiger partial charge in [-0.2, -0.15) is 26.3 Å². The van der Waals surface area contributed by atoms with Gasteiger partial charge in [-0.15, -0.1) is 0 Å². The molecule has 0 aliphatic heterocycles. The number of H-pyrrole nitrogens is 1. The lowest BCUT2D eigenvalue weighted by atomic mass is 10.0. The molecule has 3 aromatic rings. The highest BCUT2D eigenvalue weighted by Crippen LogP contribution is 2.37. The third-order valence-electron chi connectivity index (χ3n) is 5.50. The molecule has 1 unspecified atom stereocenters. The first kappa shape index (κ1) is 24.9. The van der Waals surface area contributed by atoms with E-state index in [0.29, 0.717) is 30.4 Å². The smallest absolute Gasteiger partial charge is 0.350 e. The molecule has 0 bridgehead atoms. The van der Waals surface area contributed by atoms with Crippen molar-refractivity contribution in [2.45, 2.75) is 36.9 Å². The van der Waals surface area contributed by atoms with Crippen LogP contribution in [-0.2, 0) is 6.18 Å². The number of aromatic amines is 1. The van der Waals surface area contributed by atoms with Crippen molar-refractivity contribution in [2.24, 2.45) is 5.73 Å². The summed E-state index contributed by atoms with van der Waals surface area (Å²) in [5.41, 5.74) is 2.99. The molecule has 1 saturated carbocycles. The molecule has 2 aromatic carbocycles. The summed E-state index contributed by atoms with van der Waals surface area (Å²) >= 11 is 6.15. The SMILES string of the molecule is NC1(NC(=O)c2cc3cc(C(=O)NC(c4cccc(C(F)(F)F)c4)C(F)(F)F)[nH]c3cc2Cl)CC1. The molecule has 1 atom stereocenters. The van der Waals surface area contributed by atoms with Crippen LogP contribution < -0.4 is 16.4 Å². The molecule has 2 amide bonds. The van der Waals surface area contributed by atoms with E-state index < -0.39 is 47.0 Å². The van der Waals surface area contributed by atoms with Gasteiger partial charge in [0.05, 0.1) is 21.8 Å². The summed E-state index contributed by atoms with van der Waals surface area (Å²) in [6, 6.07) is 3.80. The summed E-state index contributed by atoms with van der Waals surface area (Å²) < 4.78 is 79.9. The van der Waals surface area contributed by atoms with Crippen molar-refractivity contribution < 1.29 is 35.9 Å². The summed E-state index contributed by atoms with van der Waals surface area (Å²) in [6.45, 7) is 0. The summed E-state index contributed by atoms with van der Waals surface area (Å²) in [6.07, 6.45) is -8.75. The molecule has 1 aliphatic rings. The van der Waals surface area contributed by atoms with E-state index in [2.05, 4.69) is 10.3 Å². The molecule has 6 nitrogen and oxygen atoms in total. The molecule has 1 heterocycles. The van der Waals surface area contributed by atoms with Gasteiger partial charge in [-0.25, -0.2) is 0 Å². The lowest BCUT2D eigenvalue weighted by Gasteiger charge is -2.22. The van der Waals surface area contributed by atoms with Crippen molar-refractivity contribution in [1.29, 1.82) is 0 Å². The van der Waals surface area contributed by atoms with Gasteiger partial charge >= 0.3 is 12.4 Å². The number of nitrogens with two attached hydrogens (primary N) is 1. The number of halogens is 7. The highest BCUT2D eigenvalue weighted by molar-refractivity contribution is 6.34. The number of fused-ring (bicyclic) bond motifs is 1. The van der Waals surface area contributed by atoms with E-state index in [1.165, 1.54) is 18.2 Å². The van der Waals surface area contributed by atoms with Crippen LogP contribution in [0.25, 0.3) is 10.9 Å².